The molecule has 0 aliphatic carbocycles. The Labute approximate surface area is 139 Å². The molecule has 23 heavy (non-hydrogen) atoms. The van der Waals surface area contributed by atoms with E-state index < -0.39 is 0 Å². The van der Waals surface area contributed by atoms with Crippen molar-refractivity contribution >= 4 is 22.4 Å². The molecular weight excluding hydrogens is 312 g/mol. The standard InChI is InChI=1S/C15H22N6OS/c1-5-11-18-13-10(7-6-8-21(13)19-11)17-14(22)12-9(2)16-15(23-12)20(3)4/h10H,5-8H2,1-4H3,(H,17,22)/t10-/m1/s1. The third kappa shape index (κ3) is 3.08. The van der Waals surface area contributed by atoms with Gasteiger partial charge in [0.15, 0.2) is 11.0 Å². The van der Waals surface area contributed by atoms with Crippen molar-refractivity contribution in [3.05, 3.63) is 22.2 Å². The van der Waals surface area contributed by atoms with Gasteiger partial charge in [-0.15, -0.1) is 0 Å². The van der Waals surface area contributed by atoms with Gasteiger partial charge in [-0.1, -0.05) is 18.3 Å². The molecule has 2 aromatic rings. The first-order valence-electron chi connectivity index (χ1n) is 7.88. The lowest BCUT2D eigenvalue weighted by Crippen LogP contribution is -2.33. The third-order valence-corrected chi connectivity index (χ3v) is 5.24. The van der Waals surface area contributed by atoms with E-state index in [1.165, 1.54) is 11.3 Å². The molecular formula is C15H22N6OS. The zero-order valence-corrected chi connectivity index (χ0v) is 14.8. The smallest absolute Gasteiger partial charge is 0.263 e. The number of thiazole rings is 1. The quantitative estimate of drug-likeness (QED) is 0.925. The minimum atomic E-state index is -0.0763. The summed E-state index contributed by atoms with van der Waals surface area (Å²) in [4.78, 5) is 24.2. The molecule has 0 saturated heterocycles. The molecule has 1 aliphatic heterocycles. The number of anilines is 1. The molecule has 3 rings (SSSR count). The summed E-state index contributed by atoms with van der Waals surface area (Å²) in [6.07, 6.45) is 2.70. The molecule has 124 valence electrons. The zero-order valence-electron chi connectivity index (χ0n) is 14.0. The Morgan fingerprint density at radius 2 is 2.22 bits per heavy atom. The van der Waals surface area contributed by atoms with Crippen molar-refractivity contribution in [1.82, 2.24) is 25.1 Å². The number of hydrogen-bond donors (Lipinski definition) is 1. The van der Waals surface area contributed by atoms with Crippen LogP contribution in [0.15, 0.2) is 0 Å². The van der Waals surface area contributed by atoms with Crippen molar-refractivity contribution in [1.29, 1.82) is 0 Å². The highest BCUT2D eigenvalue weighted by molar-refractivity contribution is 7.17. The van der Waals surface area contributed by atoms with E-state index >= 15 is 0 Å². The van der Waals surface area contributed by atoms with Gasteiger partial charge in [0.1, 0.15) is 10.7 Å². The van der Waals surface area contributed by atoms with Gasteiger partial charge in [0, 0.05) is 27.1 Å². The number of nitrogens with one attached hydrogen (secondary N) is 1. The molecule has 1 N–H and O–H groups in total. The minimum absolute atomic E-state index is 0.0756. The van der Waals surface area contributed by atoms with Gasteiger partial charge in [0.25, 0.3) is 5.91 Å². The van der Waals surface area contributed by atoms with Gasteiger partial charge >= 0.3 is 0 Å². The predicted molar refractivity (Wildman–Crippen MR) is 90.0 cm³/mol. The molecule has 0 spiro atoms. The van der Waals surface area contributed by atoms with Crippen molar-refractivity contribution in [3.63, 3.8) is 0 Å². The highest BCUT2D eigenvalue weighted by Gasteiger charge is 2.27. The van der Waals surface area contributed by atoms with E-state index in [9.17, 15) is 4.79 Å². The average molecular weight is 334 g/mol. The number of fused-ring (bicyclic) bond motifs is 1. The summed E-state index contributed by atoms with van der Waals surface area (Å²) in [5.74, 6) is 1.63. The first-order chi connectivity index (χ1) is 11.0. The number of amides is 1. The Bertz CT molecular complexity index is 720. The molecule has 0 bridgehead atoms. The van der Waals surface area contributed by atoms with Crippen LogP contribution in [-0.2, 0) is 13.0 Å². The van der Waals surface area contributed by atoms with Crippen LogP contribution in [0.5, 0.6) is 0 Å². The monoisotopic (exact) mass is 334 g/mol. The Hall–Kier alpha value is -1.96. The Morgan fingerprint density at radius 1 is 1.43 bits per heavy atom. The number of carbonyl (C=O) groups is 1. The molecule has 8 heteroatoms. The Balaban J connectivity index is 1.80. The number of aromatic nitrogens is 4. The van der Waals surface area contributed by atoms with Crippen molar-refractivity contribution < 1.29 is 4.79 Å². The molecule has 1 atom stereocenters. The van der Waals surface area contributed by atoms with E-state index in [-0.39, 0.29) is 11.9 Å². The molecule has 0 radical (unpaired) electrons. The molecule has 0 fully saturated rings. The van der Waals surface area contributed by atoms with Crippen LogP contribution in [0, 0.1) is 6.92 Å². The van der Waals surface area contributed by atoms with Crippen LogP contribution in [0.2, 0.25) is 0 Å². The van der Waals surface area contributed by atoms with Crippen molar-refractivity contribution in [2.45, 2.75) is 45.7 Å². The fraction of sp³-hybridized carbons (Fsp3) is 0.600. The lowest BCUT2D eigenvalue weighted by Gasteiger charge is -2.22. The maximum absolute atomic E-state index is 12.6. The van der Waals surface area contributed by atoms with Crippen LogP contribution in [0.25, 0.3) is 0 Å². The highest BCUT2D eigenvalue weighted by Crippen LogP contribution is 2.27. The number of hydrogen-bond acceptors (Lipinski definition) is 6. The number of aryl methyl sites for hydroxylation is 3. The number of carbonyl (C=O) groups excluding carboxylic acids is 1. The van der Waals surface area contributed by atoms with Crippen LogP contribution < -0.4 is 10.2 Å². The van der Waals surface area contributed by atoms with Gasteiger partial charge in [0.05, 0.1) is 11.7 Å². The van der Waals surface area contributed by atoms with Gasteiger partial charge in [-0.3, -0.25) is 4.79 Å². The summed E-state index contributed by atoms with van der Waals surface area (Å²) in [5.41, 5.74) is 0.766. The minimum Gasteiger partial charge on any atom is -0.354 e. The molecule has 0 aromatic carbocycles. The van der Waals surface area contributed by atoms with Crippen LogP contribution in [0.4, 0.5) is 5.13 Å². The lowest BCUT2D eigenvalue weighted by atomic mass is 10.1. The second-order valence-corrected chi connectivity index (χ2v) is 6.91. The normalized spacial score (nSPS) is 17.0. The van der Waals surface area contributed by atoms with E-state index in [4.69, 9.17) is 0 Å². The van der Waals surface area contributed by atoms with Crippen LogP contribution >= 0.6 is 11.3 Å². The van der Waals surface area contributed by atoms with Crippen molar-refractivity contribution in [3.8, 4) is 0 Å². The van der Waals surface area contributed by atoms with Crippen molar-refractivity contribution in [2.75, 3.05) is 19.0 Å². The molecule has 7 nitrogen and oxygen atoms in total. The zero-order chi connectivity index (χ0) is 16.6. The van der Waals surface area contributed by atoms with E-state index in [2.05, 4.69) is 20.4 Å². The highest BCUT2D eigenvalue weighted by atomic mass is 32.1. The topological polar surface area (TPSA) is 75.9 Å². The largest absolute Gasteiger partial charge is 0.354 e. The van der Waals surface area contributed by atoms with Gasteiger partial charge < -0.3 is 10.2 Å². The second kappa shape index (κ2) is 6.27. The lowest BCUT2D eigenvalue weighted by molar-refractivity contribution is 0.0930. The van der Waals surface area contributed by atoms with E-state index in [0.717, 1.165) is 48.3 Å². The van der Waals surface area contributed by atoms with Crippen LogP contribution in [-0.4, -0.2) is 39.8 Å². The van der Waals surface area contributed by atoms with Crippen LogP contribution in [0.1, 0.15) is 52.8 Å². The summed E-state index contributed by atoms with van der Waals surface area (Å²) >= 11 is 1.42. The molecule has 3 heterocycles. The molecule has 2 aromatic heterocycles. The van der Waals surface area contributed by atoms with Crippen LogP contribution in [0.3, 0.4) is 0 Å². The first kappa shape index (κ1) is 15.9. The molecule has 0 unspecified atom stereocenters. The first-order valence-corrected chi connectivity index (χ1v) is 8.70. The fourth-order valence-electron chi connectivity index (χ4n) is 2.69. The van der Waals surface area contributed by atoms with Gasteiger partial charge in [-0.25, -0.2) is 14.6 Å². The number of nitrogens with zero attached hydrogens (tertiary/aromatic N) is 5. The summed E-state index contributed by atoms with van der Waals surface area (Å²) in [6, 6.07) is -0.0756. The van der Waals surface area contributed by atoms with Gasteiger partial charge in [0.2, 0.25) is 0 Å². The molecule has 1 aliphatic rings. The van der Waals surface area contributed by atoms with E-state index in [1.54, 1.807) is 0 Å². The fourth-order valence-corrected chi connectivity index (χ4v) is 3.59. The molecule has 0 saturated carbocycles. The number of rotatable bonds is 4. The Morgan fingerprint density at radius 3 is 2.87 bits per heavy atom. The Kier molecular flexibility index (Phi) is 4.34. The van der Waals surface area contributed by atoms with Crippen molar-refractivity contribution in [2.24, 2.45) is 0 Å². The maximum atomic E-state index is 12.6. The summed E-state index contributed by atoms with van der Waals surface area (Å²) in [5, 5.41) is 8.43. The SMILES string of the molecule is CCc1nc2n(n1)CCC[C@H]2NC(=O)c1sc(N(C)C)nc1C. The summed E-state index contributed by atoms with van der Waals surface area (Å²) in [7, 11) is 3.85. The summed E-state index contributed by atoms with van der Waals surface area (Å²) < 4.78 is 1.93. The van der Waals surface area contributed by atoms with Gasteiger partial charge in [-0.2, -0.15) is 5.10 Å². The maximum Gasteiger partial charge on any atom is 0.263 e. The molecule has 1 amide bonds. The third-order valence-electron chi connectivity index (χ3n) is 3.91. The van der Waals surface area contributed by atoms with Gasteiger partial charge in [-0.05, 0) is 19.8 Å². The summed E-state index contributed by atoms with van der Waals surface area (Å²) in [6.45, 7) is 4.79. The predicted octanol–water partition coefficient (Wildman–Crippen LogP) is 1.94. The van der Waals surface area contributed by atoms with E-state index in [1.807, 2.05) is 37.5 Å². The van der Waals surface area contributed by atoms with E-state index in [0.29, 0.717) is 4.88 Å². The average Bonchev–Trinajstić information content (AvgIpc) is 3.11. The second-order valence-electron chi connectivity index (χ2n) is 5.94.